The number of aliphatic imine (C=N–C) groups is 1. The van der Waals surface area contributed by atoms with E-state index in [4.69, 9.17) is 0 Å². The Labute approximate surface area is 162 Å². The van der Waals surface area contributed by atoms with Crippen molar-refractivity contribution >= 4 is 17.7 Å². The van der Waals surface area contributed by atoms with Crippen LogP contribution in [-0.4, -0.2) is 56.9 Å². The van der Waals surface area contributed by atoms with Gasteiger partial charge in [0, 0.05) is 43.7 Å². The van der Waals surface area contributed by atoms with Crippen molar-refractivity contribution in [3.63, 3.8) is 0 Å². The van der Waals surface area contributed by atoms with Gasteiger partial charge < -0.3 is 20.3 Å². The molecule has 0 amide bonds. The molecule has 1 saturated heterocycles. The molecule has 1 aliphatic heterocycles. The molecular formula is C17H28F3N5OS. The van der Waals surface area contributed by atoms with E-state index in [-0.39, 0.29) is 11.3 Å². The molecule has 1 fully saturated rings. The number of imidazole rings is 1. The van der Waals surface area contributed by atoms with Crippen LogP contribution in [0.2, 0.25) is 0 Å². The fraction of sp³-hybridized carbons (Fsp3) is 0.765. The van der Waals surface area contributed by atoms with Gasteiger partial charge in [0.2, 0.25) is 5.60 Å². The number of nitrogens with zero attached hydrogens (tertiary/aromatic N) is 3. The lowest BCUT2D eigenvalue weighted by Gasteiger charge is -2.30. The first-order valence-corrected chi connectivity index (χ1v) is 10.0. The van der Waals surface area contributed by atoms with E-state index in [9.17, 15) is 18.3 Å². The number of nitrogens with one attached hydrogen (secondary N) is 2. The van der Waals surface area contributed by atoms with Crippen LogP contribution in [0.25, 0.3) is 0 Å². The number of aromatic nitrogens is 2. The first-order chi connectivity index (χ1) is 12.6. The van der Waals surface area contributed by atoms with E-state index in [0.717, 1.165) is 18.6 Å². The average Bonchev–Trinajstić information content (AvgIpc) is 3.20. The molecule has 0 spiro atoms. The Morgan fingerprint density at radius 1 is 1.44 bits per heavy atom. The van der Waals surface area contributed by atoms with Crippen molar-refractivity contribution in [1.82, 2.24) is 20.2 Å². The predicted molar refractivity (Wildman–Crippen MR) is 102 cm³/mol. The largest absolute Gasteiger partial charge is 0.424 e. The van der Waals surface area contributed by atoms with Crippen LogP contribution in [0.4, 0.5) is 13.2 Å². The van der Waals surface area contributed by atoms with E-state index in [1.54, 1.807) is 0 Å². The van der Waals surface area contributed by atoms with Gasteiger partial charge in [0.1, 0.15) is 5.82 Å². The molecule has 1 aromatic rings. The number of aryl methyl sites for hydroxylation is 1. The maximum Gasteiger partial charge on any atom is 0.424 e. The standard InChI is InChI=1S/C17H28F3N5OS/c1-4-21-14(24-12-15(2)6-5-11-27-15)23-8-7-16(26,17(18,19)20)13-22-9-10-25(13)3/h9-10,26H,4-8,11-12H2,1-3H3,(H2,21,23,24). The number of aliphatic hydroxyl groups is 1. The van der Waals surface area contributed by atoms with Crippen molar-refractivity contribution in [2.24, 2.45) is 12.0 Å². The maximum absolute atomic E-state index is 13.5. The zero-order valence-electron chi connectivity index (χ0n) is 15.9. The zero-order chi connectivity index (χ0) is 20.1. The van der Waals surface area contributed by atoms with Gasteiger partial charge >= 0.3 is 6.18 Å². The van der Waals surface area contributed by atoms with Crippen molar-refractivity contribution in [2.45, 2.75) is 49.6 Å². The fourth-order valence-corrected chi connectivity index (χ4v) is 4.28. The Morgan fingerprint density at radius 2 is 2.19 bits per heavy atom. The Bertz CT molecular complexity index is 643. The predicted octanol–water partition coefficient (Wildman–Crippen LogP) is 2.40. The highest BCUT2D eigenvalue weighted by Gasteiger charge is 2.57. The second-order valence-corrected chi connectivity index (χ2v) is 8.68. The molecule has 0 aliphatic carbocycles. The number of guanidine groups is 1. The molecule has 6 nitrogen and oxygen atoms in total. The number of alkyl halides is 3. The van der Waals surface area contributed by atoms with Crippen LogP contribution in [-0.2, 0) is 12.6 Å². The SMILES string of the molecule is CCNC(=NCC1(C)CCCS1)NCCC(O)(c1nccn1C)C(F)(F)F. The first kappa shape index (κ1) is 21.9. The van der Waals surface area contributed by atoms with Crippen molar-refractivity contribution < 1.29 is 18.3 Å². The van der Waals surface area contributed by atoms with Gasteiger partial charge in [-0.25, -0.2) is 4.98 Å². The number of thioether (sulfide) groups is 1. The van der Waals surface area contributed by atoms with Crippen LogP contribution in [0, 0.1) is 0 Å². The first-order valence-electron chi connectivity index (χ1n) is 9.04. The van der Waals surface area contributed by atoms with Crippen LogP contribution < -0.4 is 10.6 Å². The highest BCUT2D eigenvalue weighted by Crippen LogP contribution is 2.40. The molecule has 10 heteroatoms. The summed E-state index contributed by atoms with van der Waals surface area (Å²) in [5.41, 5.74) is -3.02. The van der Waals surface area contributed by atoms with E-state index in [0.29, 0.717) is 19.0 Å². The van der Waals surface area contributed by atoms with Gasteiger partial charge in [0.05, 0.1) is 6.54 Å². The van der Waals surface area contributed by atoms with Crippen molar-refractivity contribution in [3.05, 3.63) is 18.2 Å². The summed E-state index contributed by atoms with van der Waals surface area (Å²) in [4.78, 5) is 8.22. The minimum absolute atomic E-state index is 0.0714. The molecule has 2 atom stereocenters. The summed E-state index contributed by atoms with van der Waals surface area (Å²) in [5, 5.41) is 16.3. The highest BCUT2D eigenvalue weighted by molar-refractivity contribution is 8.00. The van der Waals surface area contributed by atoms with Crippen molar-refractivity contribution in [1.29, 1.82) is 0 Å². The molecule has 1 aliphatic rings. The number of halogens is 3. The van der Waals surface area contributed by atoms with Crippen molar-refractivity contribution in [2.75, 3.05) is 25.4 Å². The minimum atomic E-state index is -4.84. The Balaban J connectivity index is 2.04. The third-order valence-corrected chi connectivity index (χ3v) is 6.18. The summed E-state index contributed by atoms with van der Waals surface area (Å²) in [6, 6.07) is 0. The van der Waals surface area contributed by atoms with E-state index in [2.05, 4.69) is 27.5 Å². The van der Waals surface area contributed by atoms with E-state index >= 15 is 0 Å². The topological polar surface area (TPSA) is 74.5 Å². The van der Waals surface area contributed by atoms with Gasteiger partial charge in [-0.15, -0.1) is 0 Å². The van der Waals surface area contributed by atoms with E-state index < -0.39 is 24.0 Å². The summed E-state index contributed by atoms with van der Waals surface area (Å²) >= 11 is 1.87. The molecule has 2 rings (SSSR count). The second-order valence-electron chi connectivity index (χ2n) is 6.99. The second kappa shape index (κ2) is 8.72. The van der Waals surface area contributed by atoms with Crippen molar-refractivity contribution in [3.8, 4) is 0 Å². The number of hydrogen-bond acceptors (Lipinski definition) is 4. The van der Waals surface area contributed by atoms with Gasteiger partial charge in [-0.3, -0.25) is 4.99 Å². The molecule has 2 heterocycles. The highest BCUT2D eigenvalue weighted by atomic mass is 32.2. The van der Waals surface area contributed by atoms with Crippen LogP contribution in [0.15, 0.2) is 17.4 Å². The maximum atomic E-state index is 13.5. The number of hydrogen-bond donors (Lipinski definition) is 3. The molecule has 1 aromatic heterocycles. The molecule has 3 N–H and O–H groups in total. The smallest absolute Gasteiger partial charge is 0.374 e. The Kier molecular flexibility index (Phi) is 7.07. The molecular weight excluding hydrogens is 379 g/mol. The van der Waals surface area contributed by atoms with E-state index in [1.165, 1.54) is 24.0 Å². The molecule has 0 bridgehead atoms. The zero-order valence-corrected chi connectivity index (χ0v) is 16.8. The van der Waals surface area contributed by atoms with Crippen LogP contribution >= 0.6 is 11.8 Å². The quantitative estimate of drug-likeness (QED) is 0.478. The summed E-state index contributed by atoms with van der Waals surface area (Å²) in [6.45, 7) is 5.14. The molecule has 154 valence electrons. The monoisotopic (exact) mass is 407 g/mol. The average molecular weight is 408 g/mol. The molecule has 0 saturated carbocycles. The molecule has 2 unspecified atom stereocenters. The van der Waals surface area contributed by atoms with E-state index in [1.807, 2.05) is 18.7 Å². The van der Waals surface area contributed by atoms with Crippen LogP contribution in [0.1, 0.15) is 38.9 Å². The Hall–Kier alpha value is -1.42. The summed E-state index contributed by atoms with van der Waals surface area (Å²) < 4.78 is 41.9. The van der Waals surface area contributed by atoms with Gasteiger partial charge in [0.25, 0.3) is 0 Å². The van der Waals surface area contributed by atoms with Gasteiger partial charge in [-0.2, -0.15) is 24.9 Å². The Morgan fingerprint density at radius 3 is 2.70 bits per heavy atom. The third-order valence-electron chi connectivity index (χ3n) is 4.66. The van der Waals surface area contributed by atoms with Gasteiger partial charge in [0.15, 0.2) is 5.96 Å². The fourth-order valence-electron chi connectivity index (χ4n) is 3.06. The summed E-state index contributed by atoms with van der Waals surface area (Å²) in [7, 11) is 1.43. The third kappa shape index (κ3) is 5.31. The summed E-state index contributed by atoms with van der Waals surface area (Å²) in [6.07, 6.45) is -0.554. The van der Waals surface area contributed by atoms with Gasteiger partial charge in [-0.05, 0) is 32.4 Å². The van der Waals surface area contributed by atoms with Gasteiger partial charge in [-0.1, -0.05) is 0 Å². The molecule has 0 radical (unpaired) electrons. The number of rotatable bonds is 7. The van der Waals surface area contributed by atoms with Crippen LogP contribution in [0.3, 0.4) is 0 Å². The minimum Gasteiger partial charge on any atom is -0.374 e. The molecule has 0 aromatic carbocycles. The molecule has 27 heavy (non-hydrogen) atoms. The lowest BCUT2D eigenvalue weighted by Crippen LogP contribution is -2.48. The lowest BCUT2D eigenvalue weighted by molar-refractivity contribution is -0.272. The van der Waals surface area contributed by atoms with Crippen LogP contribution in [0.5, 0.6) is 0 Å². The summed E-state index contributed by atoms with van der Waals surface area (Å²) in [5.74, 6) is 1.14. The normalized spacial score (nSPS) is 23.3. The lowest BCUT2D eigenvalue weighted by atomic mass is 9.97.